The molecule has 1 heterocycles. The highest BCUT2D eigenvalue weighted by atomic mass is 79.9. The van der Waals surface area contributed by atoms with Gasteiger partial charge in [-0.3, -0.25) is 0 Å². The number of nitriles is 1. The molecule has 0 saturated heterocycles. The van der Waals surface area contributed by atoms with Gasteiger partial charge in [-0.25, -0.2) is 4.39 Å². The molecule has 10 heavy (non-hydrogen) atoms. The molecule has 0 spiro atoms. The molecule has 1 nitrogen and oxygen atoms in total. The van der Waals surface area contributed by atoms with E-state index in [-0.39, 0.29) is 5.82 Å². The van der Waals surface area contributed by atoms with Crippen LogP contribution in [-0.4, -0.2) is 0 Å². The number of hydrogen-bond donors (Lipinski definition) is 0. The molecule has 0 aromatic carbocycles. The molecule has 0 saturated carbocycles. The fourth-order valence-electron chi connectivity index (χ4n) is 0.553. The number of halogens is 2. The summed E-state index contributed by atoms with van der Waals surface area (Å²) >= 11 is 4.29. The minimum atomic E-state index is -0.293. The zero-order chi connectivity index (χ0) is 7.56. The van der Waals surface area contributed by atoms with Crippen LogP contribution in [0.4, 0.5) is 4.39 Å². The summed E-state index contributed by atoms with van der Waals surface area (Å²) in [5, 5.41) is 8.83. The smallest absolute Gasteiger partial charge is 0.139 e. The van der Waals surface area contributed by atoms with Crippen LogP contribution in [-0.2, 0) is 5.33 Å². The summed E-state index contributed by atoms with van der Waals surface area (Å²) in [6, 6.07) is 3.13. The zero-order valence-electron chi connectivity index (χ0n) is 4.90. The van der Waals surface area contributed by atoms with Gasteiger partial charge in [0.05, 0.1) is 4.88 Å². The third-order valence-electron chi connectivity index (χ3n) is 0.989. The Balaban J connectivity index is 3.07. The molecule has 0 radical (unpaired) electrons. The molecule has 1 aromatic heterocycles. The molecule has 0 bridgehead atoms. The molecule has 4 heteroatoms. The second-order valence-electron chi connectivity index (χ2n) is 1.63. The van der Waals surface area contributed by atoms with Gasteiger partial charge < -0.3 is 0 Å². The van der Waals surface area contributed by atoms with E-state index in [9.17, 15) is 4.39 Å². The fraction of sp³-hybridized carbons (Fsp3) is 0.167. The van der Waals surface area contributed by atoms with E-state index in [2.05, 4.69) is 15.9 Å². The molecular formula is C6H3BrFNS. The highest BCUT2D eigenvalue weighted by Crippen LogP contribution is 2.22. The Morgan fingerprint density at radius 1 is 1.80 bits per heavy atom. The first-order chi connectivity index (χ1) is 4.77. The van der Waals surface area contributed by atoms with E-state index in [0.29, 0.717) is 15.1 Å². The van der Waals surface area contributed by atoms with Gasteiger partial charge in [0.1, 0.15) is 16.8 Å². The maximum atomic E-state index is 12.6. The molecule has 0 N–H and O–H groups in total. The van der Waals surface area contributed by atoms with E-state index in [0.717, 1.165) is 0 Å². The normalized spacial score (nSPS) is 9.30. The summed E-state index contributed by atoms with van der Waals surface area (Å²) in [7, 11) is 0. The van der Waals surface area contributed by atoms with E-state index in [1.165, 1.54) is 17.4 Å². The average Bonchev–Trinajstić information content (AvgIpc) is 2.30. The molecule has 0 aliphatic carbocycles. The van der Waals surface area contributed by atoms with Crippen LogP contribution >= 0.6 is 27.3 Å². The minimum Gasteiger partial charge on any atom is -0.206 e. The summed E-state index contributed by atoms with van der Waals surface area (Å²) in [6.07, 6.45) is 0. The highest BCUT2D eigenvalue weighted by Gasteiger charge is 2.05. The van der Waals surface area contributed by atoms with E-state index in [1.807, 2.05) is 6.07 Å². The van der Waals surface area contributed by atoms with Crippen molar-refractivity contribution in [3.63, 3.8) is 0 Å². The van der Waals surface area contributed by atoms with Crippen LogP contribution in [0.25, 0.3) is 0 Å². The lowest BCUT2D eigenvalue weighted by atomic mass is 10.4. The quantitative estimate of drug-likeness (QED) is 0.667. The largest absolute Gasteiger partial charge is 0.206 e. The lowest BCUT2D eigenvalue weighted by Gasteiger charge is -1.82. The Morgan fingerprint density at radius 2 is 2.50 bits per heavy atom. The Bertz CT molecular complexity index is 276. The molecule has 0 atom stereocenters. The first-order valence-electron chi connectivity index (χ1n) is 2.52. The van der Waals surface area contributed by atoms with Crippen molar-refractivity contribution in [3.05, 3.63) is 21.6 Å². The van der Waals surface area contributed by atoms with Crippen molar-refractivity contribution in [2.75, 3.05) is 0 Å². The van der Waals surface area contributed by atoms with Crippen molar-refractivity contribution in [2.24, 2.45) is 0 Å². The van der Waals surface area contributed by atoms with Crippen molar-refractivity contribution in [1.29, 1.82) is 5.26 Å². The minimum absolute atomic E-state index is 0.293. The van der Waals surface area contributed by atoms with Crippen molar-refractivity contribution in [1.82, 2.24) is 0 Å². The van der Waals surface area contributed by atoms with E-state index in [4.69, 9.17) is 5.26 Å². The SMILES string of the molecule is N#Cc1cc(F)c(CBr)s1. The molecule has 1 aromatic rings. The molecule has 0 fully saturated rings. The second kappa shape index (κ2) is 3.13. The van der Waals surface area contributed by atoms with Gasteiger partial charge in [-0.2, -0.15) is 5.26 Å². The van der Waals surface area contributed by atoms with Crippen LogP contribution in [0.1, 0.15) is 9.75 Å². The maximum Gasteiger partial charge on any atom is 0.139 e. The summed E-state index contributed by atoms with van der Waals surface area (Å²) in [4.78, 5) is 1.00. The Labute approximate surface area is 70.2 Å². The van der Waals surface area contributed by atoms with Crippen molar-refractivity contribution >= 4 is 27.3 Å². The summed E-state index contributed by atoms with van der Waals surface area (Å²) in [5.41, 5.74) is 0. The molecule has 0 aliphatic rings. The van der Waals surface area contributed by atoms with Crippen molar-refractivity contribution < 1.29 is 4.39 Å². The highest BCUT2D eigenvalue weighted by molar-refractivity contribution is 9.08. The predicted molar refractivity (Wildman–Crippen MR) is 41.6 cm³/mol. The maximum absolute atomic E-state index is 12.6. The first-order valence-corrected chi connectivity index (χ1v) is 4.46. The lowest BCUT2D eigenvalue weighted by Crippen LogP contribution is -1.71. The fourth-order valence-corrected chi connectivity index (χ4v) is 1.85. The van der Waals surface area contributed by atoms with Gasteiger partial charge in [0.25, 0.3) is 0 Å². The van der Waals surface area contributed by atoms with Gasteiger partial charge in [0.15, 0.2) is 0 Å². The number of hydrogen-bond acceptors (Lipinski definition) is 2. The second-order valence-corrected chi connectivity index (χ2v) is 3.32. The van der Waals surface area contributed by atoms with Crippen LogP contribution in [0.2, 0.25) is 0 Å². The molecule has 0 unspecified atom stereocenters. The molecule has 1 rings (SSSR count). The standard InChI is InChI=1S/C6H3BrFNS/c7-2-6-5(8)1-4(3-9)10-6/h1H,2H2. The Hall–Kier alpha value is -0.400. The Kier molecular flexibility index (Phi) is 2.41. The monoisotopic (exact) mass is 219 g/mol. The average molecular weight is 220 g/mol. The van der Waals surface area contributed by atoms with Crippen molar-refractivity contribution in [2.45, 2.75) is 5.33 Å². The molecule has 0 aliphatic heterocycles. The van der Waals surface area contributed by atoms with E-state index in [1.54, 1.807) is 0 Å². The van der Waals surface area contributed by atoms with Crippen LogP contribution in [0.3, 0.4) is 0 Å². The summed E-state index contributed by atoms with van der Waals surface area (Å²) < 4.78 is 12.6. The van der Waals surface area contributed by atoms with E-state index < -0.39 is 0 Å². The number of rotatable bonds is 1. The van der Waals surface area contributed by atoms with Gasteiger partial charge in [-0.05, 0) is 0 Å². The topological polar surface area (TPSA) is 23.8 Å². The van der Waals surface area contributed by atoms with Gasteiger partial charge in [-0.15, -0.1) is 11.3 Å². The number of nitrogens with zero attached hydrogens (tertiary/aromatic N) is 1. The molecule has 52 valence electrons. The Morgan fingerprint density at radius 3 is 2.80 bits per heavy atom. The van der Waals surface area contributed by atoms with Crippen LogP contribution in [0.15, 0.2) is 6.07 Å². The zero-order valence-corrected chi connectivity index (χ0v) is 7.30. The first kappa shape index (κ1) is 7.70. The number of alkyl halides is 1. The summed E-state index contributed by atoms with van der Waals surface area (Å²) in [5.74, 6) is -0.293. The third-order valence-corrected chi connectivity index (χ3v) is 2.94. The summed E-state index contributed by atoms with van der Waals surface area (Å²) in [6.45, 7) is 0. The number of thiophene rings is 1. The predicted octanol–water partition coefficient (Wildman–Crippen LogP) is 2.65. The lowest BCUT2D eigenvalue weighted by molar-refractivity contribution is 0.625. The van der Waals surface area contributed by atoms with Gasteiger partial charge in [0.2, 0.25) is 0 Å². The van der Waals surface area contributed by atoms with Crippen LogP contribution < -0.4 is 0 Å². The van der Waals surface area contributed by atoms with Crippen molar-refractivity contribution in [3.8, 4) is 6.07 Å². The van der Waals surface area contributed by atoms with Gasteiger partial charge in [-0.1, -0.05) is 15.9 Å². The van der Waals surface area contributed by atoms with Gasteiger partial charge in [0, 0.05) is 11.4 Å². The van der Waals surface area contributed by atoms with Gasteiger partial charge >= 0.3 is 0 Å². The van der Waals surface area contributed by atoms with Crippen LogP contribution in [0.5, 0.6) is 0 Å². The van der Waals surface area contributed by atoms with Crippen LogP contribution in [0, 0.1) is 17.1 Å². The third kappa shape index (κ3) is 1.36. The van der Waals surface area contributed by atoms with E-state index >= 15 is 0 Å². The molecular weight excluding hydrogens is 217 g/mol. The molecule has 0 amide bonds.